The third-order valence-corrected chi connectivity index (χ3v) is 4.82. The van der Waals surface area contributed by atoms with E-state index in [1.54, 1.807) is 30.3 Å². The zero-order valence-corrected chi connectivity index (χ0v) is 16.4. The van der Waals surface area contributed by atoms with E-state index in [-0.39, 0.29) is 16.8 Å². The number of thioether (sulfide) groups is 1. The monoisotopic (exact) mass is 431 g/mol. The van der Waals surface area contributed by atoms with Crippen LogP contribution in [0.2, 0.25) is 0 Å². The maximum Gasteiger partial charge on any atom is 0.416 e. The van der Waals surface area contributed by atoms with Gasteiger partial charge in [0.1, 0.15) is 5.75 Å². The molecule has 1 heterocycles. The highest BCUT2D eigenvalue weighted by Crippen LogP contribution is 2.33. The number of rotatable bonds is 6. The number of alkyl halides is 3. The molecule has 0 saturated carbocycles. The second-order valence-electron chi connectivity index (χ2n) is 6.21. The molecule has 1 aliphatic rings. The van der Waals surface area contributed by atoms with Crippen molar-refractivity contribution in [3.05, 3.63) is 64.6 Å². The fourth-order valence-electron chi connectivity index (χ4n) is 2.54. The van der Waals surface area contributed by atoms with Crippen molar-refractivity contribution < 1.29 is 22.7 Å². The van der Waals surface area contributed by atoms with Gasteiger partial charge in [-0.2, -0.15) is 18.4 Å². The van der Waals surface area contributed by atoms with E-state index < -0.39 is 11.7 Å². The normalized spacial score (nSPS) is 16.5. The van der Waals surface area contributed by atoms with Gasteiger partial charge in [-0.25, -0.2) is 4.99 Å². The van der Waals surface area contributed by atoms with Crippen molar-refractivity contribution in [2.75, 3.05) is 6.61 Å². The molecule has 1 N–H and O–H groups in total. The quantitative estimate of drug-likeness (QED) is 0.499. The van der Waals surface area contributed by atoms with Crippen molar-refractivity contribution in [3.63, 3.8) is 0 Å². The first-order valence-electron chi connectivity index (χ1n) is 8.92. The van der Waals surface area contributed by atoms with Crippen LogP contribution in [0.5, 0.6) is 5.75 Å². The summed E-state index contributed by atoms with van der Waals surface area (Å²) < 4.78 is 44.1. The van der Waals surface area contributed by atoms with E-state index in [9.17, 15) is 18.0 Å². The van der Waals surface area contributed by atoms with Crippen molar-refractivity contribution in [2.24, 2.45) is 4.99 Å². The Morgan fingerprint density at radius 1 is 1.20 bits per heavy atom. The molecule has 3 rings (SSSR count). The number of hydrogen-bond acceptors (Lipinski definition) is 5. The lowest BCUT2D eigenvalue weighted by Gasteiger charge is -2.06. The van der Waals surface area contributed by atoms with Crippen molar-refractivity contribution >= 4 is 34.6 Å². The molecule has 0 aromatic heterocycles. The Hall–Kier alpha value is -3.25. The van der Waals surface area contributed by atoms with Gasteiger partial charge in [0.15, 0.2) is 5.17 Å². The molecule has 0 spiro atoms. The third-order valence-electron chi connectivity index (χ3n) is 3.91. The minimum Gasteiger partial charge on any atom is -0.494 e. The Morgan fingerprint density at radius 2 is 2.00 bits per heavy atom. The van der Waals surface area contributed by atoms with Gasteiger partial charge in [-0.15, -0.1) is 0 Å². The minimum absolute atomic E-state index is 0.0987. The molecule has 1 amide bonds. The molecule has 154 valence electrons. The van der Waals surface area contributed by atoms with Gasteiger partial charge < -0.3 is 10.1 Å². The molecule has 0 atom stereocenters. The van der Waals surface area contributed by atoms with E-state index >= 15 is 0 Å². The van der Waals surface area contributed by atoms with Gasteiger partial charge in [-0.05, 0) is 60.2 Å². The van der Waals surface area contributed by atoms with Crippen LogP contribution < -0.4 is 10.1 Å². The van der Waals surface area contributed by atoms with E-state index in [0.29, 0.717) is 30.1 Å². The molecule has 1 fully saturated rings. The molecule has 5 nitrogen and oxygen atoms in total. The van der Waals surface area contributed by atoms with Crippen LogP contribution in [-0.2, 0) is 11.0 Å². The van der Waals surface area contributed by atoms with Gasteiger partial charge in [0.25, 0.3) is 5.91 Å². The fraction of sp³-hybridized carbons (Fsp3) is 0.190. The molecule has 30 heavy (non-hydrogen) atoms. The summed E-state index contributed by atoms with van der Waals surface area (Å²) in [6.45, 7) is 0.413. The number of aliphatic imine (C=N–C) groups is 1. The van der Waals surface area contributed by atoms with Crippen LogP contribution in [0.4, 0.5) is 18.9 Å². The molecule has 2 aromatic rings. The van der Waals surface area contributed by atoms with Gasteiger partial charge in [0.2, 0.25) is 0 Å². The second kappa shape index (κ2) is 9.50. The number of halogens is 3. The topological polar surface area (TPSA) is 74.5 Å². The van der Waals surface area contributed by atoms with Crippen molar-refractivity contribution in [1.82, 2.24) is 5.32 Å². The third kappa shape index (κ3) is 5.87. The first-order chi connectivity index (χ1) is 14.3. The van der Waals surface area contributed by atoms with E-state index in [2.05, 4.69) is 10.3 Å². The SMILES string of the molecule is N#CCCCOc1cccc(/C=C2\SC(=Nc3cccc(C(F)(F)F)c3)NC2=O)c1. The summed E-state index contributed by atoms with van der Waals surface area (Å²) in [7, 11) is 0. The maximum absolute atomic E-state index is 12.8. The van der Waals surface area contributed by atoms with Crippen molar-refractivity contribution in [2.45, 2.75) is 19.0 Å². The number of amides is 1. The number of unbranched alkanes of at least 4 members (excludes halogenated alkanes) is 1. The lowest BCUT2D eigenvalue weighted by atomic mass is 10.2. The van der Waals surface area contributed by atoms with Gasteiger partial charge in [0.05, 0.1) is 28.8 Å². The average Bonchev–Trinajstić information content (AvgIpc) is 3.04. The number of carbonyl (C=O) groups excluding carboxylic acids is 1. The molecular formula is C21H16F3N3O2S. The van der Waals surface area contributed by atoms with Crippen LogP contribution in [0.3, 0.4) is 0 Å². The number of nitrogens with zero attached hydrogens (tertiary/aromatic N) is 2. The number of amidine groups is 1. The summed E-state index contributed by atoms with van der Waals surface area (Å²) in [4.78, 5) is 16.7. The van der Waals surface area contributed by atoms with E-state index in [1.165, 1.54) is 12.1 Å². The summed E-state index contributed by atoms with van der Waals surface area (Å²) >= 11 is 1.04. The molecule has 0 bridgehead atoms. The summed E-state index contributed by atoms with van der Waals surface area (Å²) in [5.41, 5.74) is 0.0217. The van der Waals surface area contributed by atoms with Crippen molar-refractivity contribution in [3.8, 4) is 11.8 Å². The van der Waals surface area contributed by atoms with E-state index in [0.717, 1.165) is 29.5 Å². The second-order valence-corrected chi connectivity index (χ2v) is 7.24. The van der Waals surface area contributed by atoms with Crippen LogP contribution in [0, 0.1) is 11.3 Å². The van der Waals surface area contributed by atoms with E-state index in [4.69, 9.17) is 10.00 Å². The highest BCUT2D eigenvalue weighted by atomic mass is 32.2. The highest BCUT2D eigenvalue weighted by molar-refractivity contribution is 8.18. The molecule has 0 aliphatic carbocycles. The van der Waals surface area contributed by atoms with Gasteiger partial charge >= 0.3 is 6.18 Å². The summed E-state index contributed by atoms with van der Waals surface area (Å²) in [6.07, 6.45) is -1.78. The largest absolute Gasteiger partial charge is 0.494 e. The smallest absolute Gasteiger partial charge is 0.416 e. The summed E-state index contributed by atoms with van der Waals surface area (Å²) in [5, 5.41) is 11.3. The van der Waals surface area contributed by atoms with Crippen LogP contribution >= 0.6 is 11.8 Å². The predicted molar refractivity (Wildman–Crippen MR) is 109 cm³/mol. The lowest BCUT2D eigenvalue weighted by molar-refractivity contribution is -0.137. The summed E-state index contributed by atoms with van der Waals surface area (Å²) in [6, 6.07) is 13.7. The Kier molecular flexibility index (Phi) is 6.79. The zero-order valence-electron chi connectivity index (χ0n) is 15.6. The van der Waals surface area contributed by atoms with Crippen molar-refractivity contribution in [1.29, 1.82) is 5.26 Å². The molecule has 1 saturated heterocycles. The zero-order chi connectivity index (χ0) is 21.6. The maximum atomic E-state index is 12.8. The Labute approximate surface area is 175 Å². The van der Waals surface area contributed by atoms with Gasteiger partial charge in [-0.3, -0.25) is 4.79 Å². The first kappa shape index (κ1) is 21.5. The number of nitrogens with one attached hydrogen (secondary N) is 1. The van der Waals surface area contributed by atoms with Crippen LogP contribution in [-0.4, -0.2) is 17.7 Å². The number of nitriles is 1. The standard InChI is InChI=1S/C21H16F3N3O2S/c22-21(23,24)15-6-4-7-16(13-15)26-20-27-19(28)18(30-20)12-14-5-3-8-17(11-14)29-10-2-1-9-25/h3-8,11-13H,1-2,10H2,(H,26,27,28)/b18-12-. The van der Waals surface area contributed by atoms with Crippen LogP contribution in [0.1, 0.15) is 24.0 Å². The number of hydrogen-bond donors (Lipinski definition) is 1. The highest BCUT2D eigenvalue weighted by Gasteiger charge is 2.30. The molecule has 0 unspecified atom stereocenters. The number of ether oxygens (including phenoxy) is 1. The molecule has 9 heteroatoms. The first-order valence-corrected chi connectivity index (χ1v) is 9.73. The minimum atomic E-state index is -4.46. The molecule has 2 aromatic carbocycles. The Bertz CT molecular complexity index is 1040. The predicted octanol–water partition coefficient (Wildman–Crippen LogP) is 5.28. The molecule has 1 aliphatic heterocycles. The summed E-state index contributed by atoms with van der Waals surface area (Å²) in [5.74, 6) is 0.231. The van der Waals surface area contributed by atoms with E-state index in [1.807, 2.05) is 6.07 Å². The fourth-order valence-corrected chi connectivity index (χ4v) is 3.38. The number of benzene rings is 2. The van der Waals surface area contributed by atoms with Crippen LogP contribution in [0.15, 0.2) is 58.4 Å². The molecule has 0 radical (unpaired) electrons. The number of carbonyl (C=O) groups is 1. The average molecular weight is 431 g/mol. The Morgan fingerprint density at radius 3 is 2.77 bits per heavy atom. The van der Waals surface area contributed by atoms with Gasteiger partial charge in [-0.1, -0.05) is 18.2 Å². The van der Waals surface area contributed by atoms with Gasteiger partial charge in [0, 0.05) is 6.42 Å². The lowest BCUT2D eigenvalue weighted by Crippen LogP contribution is -2.19. The van der Waals surface area contributed by atoms with Crippen LogP contribution in [0.25, 0.3) is 6.08 Å². The Balaban J connectivity index is 1.72. The molecular weight excluding hydrogens is 415 g/mol.